The average molecular weight is 460 g/mol. The van der Waals surface area contributed by atoms with Crippen molar-refractivity contribution in [2.24, 2.45) is 5.92 Å². The number of nitrogens with one attached hydrogen (secondary N) is 2. The Hall–Kier alpha value is -3.20. The Morgan fingerprint density at radius 2 is 1.72 bits per heavy atom. The predicted molar refractivity (Wildman–Crippen MR) is 108 cm³/mol. The average Bonchev–Trinajstić information content (AvgIpc) is 3.13. The lowest BCUT2D eigenvalue weighted by Gasteiger charge is -2.16. The summed E-state index contributed by atoms with van der Waals surface area (Å²) in [5.74, 6) is -2.64. The molecule has 0 aliphatic carbocycles. The molecule has 1 aliphatic rings. The Morgan fingerprint density at radius 3 is 2.41 bits per heavy atom. The van der Waals surface area contributed by atoms with Gasteiger partial charge in [-0.3, -0.25) is 30.0 Å². The van der Waals surface area contributed by atoms with Crippen LogP contribution < -0.4 is 15.8 Å². The van der Waals surface area contributed by atoms with E-state index in [0.29, 0.717) is 11.3 Å². The van der Waals surface area contributed by atoms with Crippen molar-refractivity contribution in [2.45, 2.75) is 6.42 Å². The fourth-order valence-electron chi connectivity index (χ4n) is 2.81. The van der Waals surface area contributed by atoms with Gasteiger partial charge >= 0.3 is 5.97 Å². The molecule has 0 saturated carbocycles. The Morgan fingerprint density at radius 1 is 1.03 bits per heavy atom. The normalized spacial score (nSPS) is 15.7. The van der Waals surface area contributed by atoms with Crippen LogP contribution in [0.4, 0.5) is 5.69 Å². The number of hydrogen-bond donors (Lipinski definition) is 2. The first-order valence-corrected chi connectivity index (χ1v) is 9.60. The van der Waals surface area contributed by atoms with Gasteiger partial charge in [0.25, 0.3) is 11.8 Å². The van der Waals surface area contributed by atoms with Crippen LogP contribution >= 0.6 is 15.9 Å². The molecule has 150 valence electrons. The van der Waals surface area contributed by atoms with Crippen molar-refractivity contribution in [3.8, 4) is 0 Å². The summed E-state index contributed by atoms with van der Waals surface area (Å²) >= 11 is 3.27. The summed E-state index contributed by atoms with van der Waals surface area (Å²) in [6, 6.07) is 15.6. The molecule has 1 atom stereocenters. The Balaban J connectivity index is 1.43. The first-order chi connectivity index (χ1) is 13.9. The van der Waals surface area contributed by atoms with Gasteiger partial charge < -0.3 is 9.64 Å². The number of hydrogen-bond acceptors (Lipinski definition) is 5. The number of carbonyl (C=O) groups is 4. The van der Waals surface area contributed by atoms with Crippen LogP contribution in [0.5, 0.6) is 0 Å². The highest BCUT2D eigenvalue weighted by molar-refractivity contribution is 9.10. The highest BCUT2D eigenvalue weighted by Crippen LogP contribution is 2.25. The minimum absolute atomic E-state index is 0.0235. The van der Waals surface area contributed by atoms with E-state index in [0.717, 1.165) is 4.47 Å². The molecule has 2 aromatic carbocycles. The molecular formula is C20H18BrN3O5. The van der Waals surface area contributed by atoms with E-state index in [-0.39, 0.29) is 18.9 Å². The van der Waals surface area contributed by atoms with Gasteiger partial charge in [-0.2, -0.15) is 0 Å². The predicted octanol–water partition coefficient (Wildman–Crippen LogP) is 1.81. The molecule has 8 nitrogen and oxygen atoms in total. The monoisotopic (exact) mass is 459 g/mol. The zero-order valence-electron chi connectivity index (χ0n) is 15.3. The third-order valence-electron chi connectivity index (χ3n) is 4.29. The number of carbonyl (C=O) groups excluding carboxylic acids is 4. The van der Waals surface area contributed by atoms with Gasteiger partial charge in [0.1, 0.15) is 0 Å². The van der Waals surface area contributed by atoms with Gasteiger partial charge in [-0.15, -0.1) is 0 Å². The smallest absolute Gasteiger partial charge is 0.311 e. The molecule has 3 amide bonds. The maximum atomic E-state index is 12.2. The van der Waals surface area contributed by atoms with Crippen LogP contribution in [0.3, 0.4) is 0 Å². The standard InChI is InChI=1S/C20H18BrN3O5/c21-15-8-6-13(7-9-15)19(27)23-22-17(25)12-29-20(28)14-10-18(26)24(11-14)16-4-2-1-3-5-16/h1-9,14H,10-12H2,(H,22,25)(H,23,27)/t14-/m1/s1. The lowest BCUT2D eigenvalue weighted by molar-refractivity contribution is -0.152. The molecule has 0 bridgehead atoms. The summed E-state index contributed by atoms with van der Waals surface area (Å²) < 4.78 is 5.81. The number of nitrogens with zero attached hydrogens (tertiary/aromatic N) is 1. The molecule has 1 heterocycles. The van der Waals surface area contributed by atoms with Crippen LogP contribution in [-0.4, -0.2) is 36.8 Å². The molecule has 0 aromatic heterocycles. The van der Waals surface area contributed by atoms with E-state index in [1.165, 1.54) is 4.90 Å². The van der Waals surface area contributed by atoms with Crippen LogP contribution in [0, 0.1) is 5.92 Å². The fourth-order valence-corrected chi connectivity index (χ4v) is 3.08. The fraction of sp³-hybridized carbons (Fsp3) is 0.200. The quantitative estimate of drug-likeness (QED) is 0.523. The zero-order chi connectivity index (χ0) is 20.8. The molecule has 1 fully saturated rings. The number of anilines is 1. The number of ether oxygens (including phenoxy) is 1. The van der Waals surface area contributed by atoms with E-state index < -0.39 is 30.3 Å². The number of esters is 1. The van der Waals surface area contributed by atoms with Gasteiger partial charge in [0.15, 0.2) is 6.61 Å². The summed E-state index contributed by atoms with van der Waals surface area (Å²) in [6.07, 6.45) is 0.0235. The van der Waals surface area contributed by atoms with Gasteiger partial charge in [0.2, 0.25) is 5.91 Å². The van der Waals surface area contributed by atoms with E-state index in [4.69, 9.17) is 4.74 Å². The van der Waals surface area contributed by atoms with E-state index in [9.17, 15) is 19.2 Å². The van der Waals surface area contributed by atoms with Gasteiger partial charge in [-0.05, 0) is 36.4 Å². The second-order valence-electron chi connectivity index (χ2n) is 6.36. The number of benzene rings is 2. The van der Waals surface area contributed by atoms with Crippen molar-refractivity contribution in [2.75, 3.05) is 18.1 Å². The van der Waals surface area contributed by atoms with Gasteiger partial charge in [0.05, 0.1) is 5.92 Å². The van der Waals surface area contributed by atoms with Crippen molar-refractivity contribution in [3.05, 3.63) is 64.6 Å². The van der Waals surface area contributed by atoms with Crippen LogP contribution in [0.1, 0.15) is 16.8 Å². The van der Waals surface area contributed by atoms with Crippen LogP contribution in [0.25, 0.3) is 0 Å². The Bertz CT molecular complexity index is 917. The van der Waals surface area contributed by atoms with Crippen LogP contribution in [-0.2, 0) is 19.1 Å². The van der Waals surface area contributed by atoms with Crippen LogP contribution in [0.15, 0.2) is 59.1 Å². The molecule has 2 aromatic rings. The second kappa shape index (κ2) is 9.33. The van der Waals surface area contributed by atoms with Crippen LogP contribution in [0.2, 0.25) is 0 Å². The molecule has 0 unspecified atom stereocenters. The number of rotatable bonds is 5. The highest BCUT2D eigenvalue weighted by Gasteiger charge is 2.36. The summed E-state index contributed by atoms with van der Waals surface area (Å²) in [5, 5.41) is 0. The number of hydrazine groups is 1. The molecule has 29 heavy (non-hydrogen) atoms. The number of halogens is 1. The van der Waals surface area contributed by atoms with E-state index >= 15 is 0 Å². The third-order valence-corrected chi connectivity index (χ3v) is 4.82. The third kappa shape index (κ3) is 5.41. The molecule has 1 saturated heterocycles. The number of amides is 3. The topological polar surface area (TPSA) is 105 Å². The molecular weight excluding hydrogens is 442 g/mol. The largest absolute Gasteiger partial charge is 0.455 e. The molecule has 0 radical (unpaired) electrons. The second-order valence-corrected chi connectivity index (χ2v) is 7.27. The van der Waals surface area contributed by atoms with Crippen molar-refractivity contribution >= 4 is 45.3 Å². The van der Waals surface area contributed by atoms with E-state index in [2.05, 4.69) is 26.8 Å². The highest BCUT2D eigenvalue weighted by atomic mass is 79.9. The van der Waals surface area contributed by atoms with Crippen molar-refractivity contribution in [1.29, 1.82) is 0 Å². The Labute approximate surface area is 175 Å². The maximum Gasteiger partial charge on any atom is 0.311 e. The minimum atomic E-state index is -0.687. The van der Waals surface area contributed by atoms with E-state index in [1.54, 1.807) is 48.5 Å². The molecule has 9 heteroatoms. The lowest BCUT2D eigenvalue weighted by atomic mass is 10.1. The molecule has 3 rings (SSSR count). The molecule has 1 aliphatic heterocycles. The van der Waals surface area contributed by atoms with Gasteiger partial charge in [0, 0.05) is 28.7 Å². The van der Waals surface area contributed by atoms with E-state index in [1.807, 2.05) is 6.07 Å². The van der Waals surface area contributed by atoms with Crippen molar-refractivity contribution in [1.82, 2.24) is 10.9 Å². The van der Waals surface area contributed by atoms with Crippen molar-refractivity contribution < 1.29 is 23.9 Å². The lowest BCUT2D eigenvalue weighted by Crippen LogP contribution is -2.43. The molecule has 2 N–H and O–H groups in total. The van der Waals surface area contributed by atoms with Gasteiger partial charge in [-0.25, -0.2) is 0 Å². The summed E-state index contributed by atoms with van der Waals surface area (Å²) in [5.41, 5.74) is 5.49. The summed E-state index contributed by atoms with van der Waals surface area (Å²) in [4.78, 5) is 49.6. The van der Waals surface area contributed by atoms with Gasteiger partial charge in [-0.1, -0.05) is 34.1 Å². The SMILES string of the molecule is O=C(COC(=O)[C@@H]1CC(=O)N(c2ccccc2)C1)NNC(=O)c1ccc(Br)cc1. The summed E-state index contributed by atoms with van der Waals surface area (Å²) in [7, 11) is 0. The molecule has 0 spiro atoms. The minimum Gasteiger partial charge on any atom is -0.455 e. The maximum absolute atomic E-state index is 12.2. The zero-order valence-corrected chi connectivity index (χ0v) is 16.8. The first kappa shape index (κ1) is 20.5. The summed E-state index contributed by atoms with van der Waals surface area (Å²) in [6.45, 7) is -0.362. The van der Waals surface area contributed by atoms with Crippen molar-refractivity contribution in [3.63, 3.8) is 0 Å². The first-order valence-electron chi connectivity index (χ1n) is 8.81. The number of para-hydroxylation sites is 1. The Kier molecular flexibility index (Phi) is 6.61.